The van der Waals surface area contributed by atoms with Crippen molar-refractivity contribution >= 4 is 15.8 Å². The van der Waals surface area contributed by atoms with Gasteiger partial charge in [-0.3, -0.25) is 4.99 Å². The van der Waals surface area contributed by atoms with Gasteiger partial charge in [-0.25, -0.2) is 8.42 Å². The fraction of sp³-hybridized carbons (Fsp3) is 0.900. The molecule has 2 N–H and O–H groups in total. The predicted molar refractivity (Wildman–Crippen MR) is 66.5 cm³/mol. The summed E-state index contributed by atoms with van der Waals surface area (Å²) in [4.78, 5) is 4.24. The molecule has 0 saturated heterocycles. The number of rotatable bonds is 6. The summed E-state index contributed by atoms with van der Waals surface area (Å²) >= 11 is 0. The molecule has 0 unspecified atom stereocenters. The third-order valence-electron chi connectivity index (χ3n) is 2.37. The monoisotopic (exact) mass is 247 g/mol. The van der Waals surface area contributed by atoms with Gasteiger partial charge in [-0.2, -0.15) is 0 Å². The van der Waals surface area contributed by atoms with E-state index in [1.807, 2.05) is 6.92 Å². The van der Waals surface area contributed by atoms with E-state index in [1.54, 1.807) is 6.92 Å². The molecule has 0 aromatic rings. The molecule has 1 fully saturated rings. The van der Waals surface area contributed by atoms with Crippen LogP contribution in [-0.4, -0.2) is 45.0 Å². The maximum Gasteiger partial charge on any atom is 0.191 e. The van der Waals surface area contributed by atoms with E-state index in [0.717, 1.165) is 12.5 Å². The van der Waals surface area contributed by atoms with Gasteiger partial charge in [0.1, 0.15) is 0 Å². The molecule has 0 amide bonds. The first-order valence-electron chi connectivity index (χ1n) is 5.82. The largest absolute Gasteiger partial charge is 0.357 e. The van der Waals surface area contributed by atoms with E-state index in [0.29, 0.717) is 12.6 Å². The van der Waals surface area contributed by atoms with Gasteiger partial charge in [0.25, 0.3) is 0 Å². The number of nitrogens with one attached hydrogen (secondary N) is 2. The maximum absolute atomic E-state index is 11.3. The topological polar surface area (TPSA) is 70.6 Å². The summed E-state index contributed by atoms with van der Waals surface area (Å²) in [7, 11) is -2.91. The number of nitrogens with zero attached hydrogens (tertiary/aromatic N) is 1. The molecule has 16 heavy (non-hydrogen) atoms. The number of aliphatic imine (C=N–C) groups is 1. The second kappa shape index (κ2) is 6.08. The first kappa shape index (κ1) is 13.3. The summed E-state index contributed by atoms with van der Waals surface area (Å²) < 4.78 is 22.5. The third-order valence-corrected chi connectivity index (χ3v) is 4.06. The van der Waals surface area contributed by atoms with Crippen LogP contribution in [0.2, 0.25) is 0 Å². The summed E-state index contributed by atoms with van der Waals surface area (Å²) in [6.45, 7) is 4.77. The Labute approximate surface area is 97.6 Å². The van der Waals surface area contributed by atoms with Crippen molar-refractivity contribution < 1.29 is 8.42 Å². The molecular weight excluding hydrogens is 226 g/mol. The molecule has 0 spiro atoms. The van der Waals surface area contributed by atoms with Crippen LogP contribution in [0.3, 0.4) is 0 Å². The molecule has 1 saturated carbocycles. The summed E-state index contributed by atoms with van der Waals surface area (Å²) in [5.41, 5.74) is 0. The number of sulfone groups is 1. The Kier molecular flexibility index (Phi) is 5.05. The minimum Gasteiger partial charge on any atom is -0.357 e. The van der Waals surface area contributed by atoms with E-state index < -0.39 is 9.84 Å². The minimum absolute atomic E-state index is 0.130. The molecule has 1 aliphatic rings. The lowest BCUT2D eigenvalue weighted by Crippen LogP contribution is -2.38. The first-order chi connectivity index (χ1) is 7.57. The van der Waals surface area contributed by atoms with Gasteiger partial charge >= 0.3 is 0 Å². The standard InChI is InChI=1S/C10H21N3O2S/c1-3-11-10(13-9-5-6-9)12-7-8-16(14,15)4-2/h9H,3-8H2,1-2H3,(H2,11,12,13). The number of guanidine groups is 1. The van der Waals surface area contributed by atoms with Crippen molar-refractivity contribution in [2.75, 3.05) is 24.6 Å². The molecule has 0 radical (unpaired) electrons. The molecule has 0 bridgehead atoms. The van der Waals surface area contributed by atoms with E-state index >= 15 is 0 Å². The fourth-order valence-electron chi connectivity index (χ4n) is 1.18. The molecule has 1 rings (SSSR count). The zero-order valence-electron chi connectivity index (χ0n) is 9.99. The normalized spacial score (nSPS) is 17.2. The number of hydrogen-bond acceptors (Lipinski definition) is 3. The van der Waals surface area contributed by atoms with E-state index in [9.17, 15) is 8.42 Å². The van der Waals surface area contributed by atoms with Crippen LogP contribution in [-0.2, 0) is 9.84 Å². The Hall–Kier alpha value is -0.780. The van der Waals surface area contributed by atoms with Crippen molar-refractivity contribution in [1.29, 1.82) is 0 Å². The highest BCUT2D eigenvalue weighted by molar-refractivity contribution is 7.91. The second-order valence-electron chi connectivity index (χ2n) is 3.92. The van der Waals surface area contributed by atoms with Crippen LogP contribution in [0, 0.1) is 0 Å². The highest BCUT2D eigenvalue weighted by Gasteiger charge is 2.22. The Morgan fingerprint density at radius 2 is 2.06 bits per heavy atom. The van der Waals surface area contributed by atoms with Crippen molar-refractivity contribution in [3.8, 4) is 0 Å². The lowest BCUT2D eigenvalue weighted by molar-refractivity contribution is 0.597. The summed E-state index contributed by atoms with van der Waals surface area (Å²) in [6.07, 6.45) is 2.36. The zero-order chi connectivity index (χ0) is 12.0. The van der Waals surface area contributed by atoms with Gasteiger partial charge in [-0.1, -0.05) is 6.92 Å². The van der Waals surface area contributed by atoms with E-state index in [4.69, 9.17) is 0 Å². The van der Waals surface area contributed by atoms with Crippen LogP contribution in [0.1, 0.15) is 26.7 Å². The Morgan fingerprint density at radius 1 is 1.38 bits per heavy atom. The molecular formula is C10H21N3O2S. The van der Waals surface area contributed by atoms with Crippen molar-refractivity contribution in [3.63, 3.8) is 0 Å². The molecule has 0 atom stereocenters. The Bertz CT molecular complexity index is 334. The average molecular weight is 247 g/mol. The van der Waals surface area contributed by atoms with Gasteiger partial charge in [0, 0.05) is 18.3 Å². The van der Waals surface area contributed by atoms with Crippen molar-refractivity contribution in [2.24, 2.45) is 4.99 Å². The number of hydrogen-bond donors (Lipinski definition) is 2. The molecule has 0 aromatic heterocycles. The van der Waals surface area contributed by atoms with Crippen LogP contribution < -0.4 is 10.6 Å². The van der Waals surface area contributed by atoms with Crippen molar-refractivity contribution in [1.82, 2.24) is 10.6 Å². The van der Waals surface area contributed by atoms with E-state index in [2.05, 4.69) is 15.6 Å². The summed E-state index contributed by atoms with van der Waals surface area (Å²) in [5.74, 6) is 1.05. The van der Waals surface area contributed by atoms with E-state index in [-0.39, 0.29) is 11.5 Å². The molecule has 6 heteroatoms. The van der Waals surface area contributed by atoms with Crippen LogP contribution in [0.4, 0.5) is 0 Å². The Morgan fingerprint density at radius 3 is 2.56 bits per heavy atom. The SMILES string of the molecule is CCNC(=NCCS(=O)(=O)CC)NC1CC1. The molecule has 5 nitrogen and oxygen atoms in total. The lowest BCUT2D eigenvalue weighted by Gasteiger charge is -2.09. The highest BCUT2D eigenvalue weighted by atomic mass is 32.2. The smallest absolute Gasteiger partial charge is 0.191 e. The lowest BCUT2D eigenvalue weighted by atomic mass is 10.6. The van der Waals surface area contributed by atoms with Gasteiger partial charge in [0.15, 0.2) is 15.8 Å². The van der Waals surface area contributed by atoms with Crippen molar-refractivity contribution in [3.05, 3.63) is 0 Å². The van der Waals surface area contributed by atoms with Crippen LogP contribution >= 0.6 is 0 Å². The zero-order valence-corrected chi connectivity index (χ0v) is 10.8. The van der Waals surface area contributed by atoms with Crippen LogP contribution in [0.25, 0.3) is 0 Å². The first-order valence-corrected chi connectivity index (χ1v) is 7.64. The fourth-order valence-corrected chi connectivity index (χ4v) is 1.84. The molecule has 94 valence electrons. The molecule has 1 aliphatic carbocycles. The third kappa shape index (κ3) is 5.34. The summed E-state index contributed by atoms with van der Waals surface area (Å²) in [5, 5.41) is 6.34. The second-order valence-corrected chi connectivity index (χ2v) is 6.39. The van der Waals surface area contributed by atoms with Crippen molar-refractivity contribution in [2.45, 2.75) is 32.7 Å². The highest BCUT2D eigenvalue weighted by Crippen LogP contribution is 2.18. The predicted octanol–water partition coefficient (Wildman–Crippen LogP) is 0.139. The molecule has 0 aliphatic heterocycles. The van der Waals surface area contributed by atoms with E-state index in [1.165, 1.54) is 12.8 Å². The quantitative estimate of drug-likeness (QED) is 0.517. The van der Waals surface area contributed by atoms with Crippen LogP contribution in [0.5, 0.6) is 0 Å². The van der Waals surface area contributed by atoms with Gasteiger partial charge in [0.05, 0.1) is 12.3 Å². The summed E-state index contributed by atoms with van der Waals surface area (Å²) in [6, 6.07) is 0.528. The Balaban J connectivity index is 2.37. The molecule has 0 heterocycles. The van der Waals surface area contributed by atoms with Gasteiger partial charge in [-0.15, -0.1) is 0 Å². The molecule has 0 aromatic carbocycles. The average Bonchev–Trinajstić information content (AvgIpc) is 3.02. The van der Waals surface area contributed by atoms with Crippen LogP contribution in [0.15, 0.2) is 4.99 Å². The van der Waals surface area contributed by atoms with Gasteiger partial charge in [-0.05, 0) is 19.8 Å². The minimum atomic E-state index is -2.91. The van der Waals surface area contributed by atoms with Gasteiger partial charge < -0.3 is 10.6 Å². The maximum atomic E-state index is 11.3. The van der Waals surface area contributed by atoms with Gasteiger partial charge in [0.2, 0.25) is 0 Å².